The fourth-order valence-electron chi connectivity index (χ4n) is 2.72. The van der Waals surface area contributed by atoms with Crippen LogP contribution in [0, 0.1) is 0 Å². The van der Waals surface area contributed by atoms with Gasteiger partial charge in [-0.3, -0.25) is 18.7 Å². The van der Waals surface area contributed by atoms with Crippen LogP contribution < -0.4 is 11.2 Å². The highest BCUT2D eigenvalue weighted by atomic mass is 16.5. The molecule has 0 unspecified atom stereocenters. The summed E-state index contributed by atoms with van der Waals surface area (Å²) in [5, 5.41) is 0. The Morgan fingerprint density at radius 1 is 1.07 bits per heavy atom. The second-order valence-corrected chi connectivity index (χ2v) is 6.10. The highest BCUT2D eigenvalue weighted by molar-refractivity contribution is 5.89. The molecular formula is C18H18N4O6. The summed E-state index contributed by atoms with van der Waals surface area (Å²) in [5.74, 6) is -1.03. The van der Waals surface area contributed by atoms with Gasteiger partial charge in [0.25, 0.3) is 5.56 Å². The van der Waals surface area contributed by atoms with Crippen molar-refractivity contribution in [3.05, 3.63) is 62.6 Å². The Labute approximate surface area is 158 Å². The number of fused-ring (bicyclic) bond motifs is 1. The van der Waals surface area contributed by atoms with Crippen molar-refractivity contribution in [1.29, 1.82) is 0 Å². The smallest absolute Gasteiger partial charge is 0.337 e. The third-order valence-corrected chi connectivity index (χ3v) is 4.29. The number of carbonyl (C=O) groups excluding carboxylic acids is 2. The molecule has 10 heteroatoms. The zero-order chi connectivity index (χ0) is 20.4. The number of benzene rings is 1. The average Bonchev–Trinajstić information content (AvgIpc) is 3.12. The number of methoxy groups -OCH3 is 1. The van der Waals surface area contributed by atoms with Crippen LogP contribution in [0.5, 0.6) is 0 Å². The lowest BCUT2D eigenvalue weighted by molar-refractivity contribution is -0.145. The van der Waals surface area contributed by atoms with E-state index in [1.807, 2.05) is 0 Å². The van der Waals surface area contributed by atoms with Gasteiger partial charge in [-0.05, 0) is 17.7 Å². The van der Waals surface area contributed by atoms with Gasteiger partial charge in [-0.1, -0.05) is 12.1 Å². The van der Waals surface area contributed by atoms with Gasteiger partial charge in [0.2, 0.25) is 0 Å². The van der Waals surface area contributed by atoms with Crippen molar-refractivity contribution >= 4 is 23.1 Å². The SMILES string of the molecule is COC(=O)c1ccc(COC(=O)Cn2cnc3c2c(=O)n(C)c(=O)n3C)cc1. The molecule has 0 N–H and O–H groups in total. The predicted molar refractivity (Wildman–Crippen MR) is 97.8 cm³/mol. The lowest BCUT2D eigenvalue weighted by Crippen LogP contribution is -2.37. The molecule has 0 atom stereocenters. The molecule has 10 nitrogen and oxygen atoms in total. The molecule has 0 aliphatic heterocycles. The van der Waals surface area contributed by atoms with Gasteiger partial charge in [0.05, 0.1) is 19.0 Å². The molecule has 0 fully saturated rings. The van der Waals surface area contributed by atoms with Gasteiger partial charge in [-0.15, -0.1) is 0 Å². The Balaban J connectivity index is 1.73. The number of carbonyl (C=O) groups is 2. The van der Waals surface area contributed by atoms with Gasteiger partial charge in [0.1, 0.15) is 13.2 Å². The first-order valence-electron chi connectivity index (χ1n) is 8.27. The highest BCUT2D eigenvalue weighted by Crippen LogP contribution is 2.09. The summed E-state index contributed by atoms with van der Waals surface area (Å²) in [7, 11) is 4.15. The molecule has 1 aromatic carbocycles. The molecule has 0 bridgehead atoms. The molecule has 0 saturated carbocycles. The number of nitrogens with zero attached hydrogens (tertiary/aromatic N) is 4. The van der Waals surface area contributed by atoms with Crippen molar-refractivity contribution in [3.8, 4) is 0 Å². The molecule has 146 valence electrons. The van der Waals surface area contributed by atoms with Crippen LogP contribution in [0.3, 0.4) is 0 Å². The molecular weight excluding hydrogens is 368 g/mol. The maximum atomic E-state index is 12.4. The minimum absolute atomic E-state index is 0.00338. The zero-order valence-corrected chi connectivity index (χ0v) is 15.5. The molecule has 0 spiro atoms. The number of imidazole rings is 1. The second kappa shape index (κ2) is 7.51. The molecule has 0 amide bonds. The summed E-state index contributed by atoms with van der Waals surface area (Å²) in [4.78, 5) is 51.9. The van der Waals surface area contributed by atoms with E-state index in [9.17, 15) is 19.2 Å². The molecule has 2 heterocycles. The quantitative estimate of drug-likeness (QED) is 0.565. The topological polar surface area (TPSA) is 114 Å². The van der Waals surface area contributed by atoms with E-state index >= 15 is 0 Å². The molecule has 0 radical (unpaired) electrons. The van der Waals surface area contributed by atoms with Crippen LogP contribution in [0.25, 0.3) is 11.2 Å². The van der Waals surface area contributed by atoms with Crippen LogP contribution >= 0.6 is 0 Å². The van der Waals surface area contributed by atoms with Gasteiger partial charge >= 0.3 is 17.6 Å². The number of rotatable bonds is 5. The van der Waals surface area contributed by atoms with Crippen molar-refractivity contribution in [2.45, 2.75) is 13.2 Å². The van der Waals surface area contributed by atoms with Crippen LogP contribution in [0.15, 0.2) is 40.2 Å². The van der Waals surface area contributed by atoms with E-state index in [0.29, 0.717) is 11.1 Å². The lowest BCUT2D eigenvalue weighted by atomic mass is 10.1. The summed E-state index contributed by atoms with van der Waals surface area (Å²) in [5.41, 5.74) is 0.379. The van der Waals surface area contributed by atoms with Crippen LogP contribution in [0.4, 0.5) is 0 Å². The number of esters is 2. The maximum absolute atomic E-state index is 12.4. The molecule has 3 aromatic rings. The number of hydrogen-bond acceptors (Lipinski definition) is 7. The summed E-state index contributed by atoms with van der Waals surface area (Å²) >= 11 is 0. The summed E-state index contributed by atoms with van der Waals surface area (Å²) in [6.45, 7) is -0.229. The highest BCUT2D eigenvalue weighted by Gasteiger charge is 2.16. The van der Waals surface area contributed by atoms with Crippen molar-refractivity contribution in [1.82, 2.24) is 18.7 Å². The first kappa shape index (κ1) is 19.1. The first-order chi connectivity index (χ1) is 13.3. The third-order valence-electron chi connectivity index (χ3n) is 4.29. The van der Waals surface area contributed by atoms with E-state index in [0.717, 1.165) is 4.57 Å². The van der Waals surface area contributed by atoms with Gasteiger partial charge in [-0.2, -0.15) is 0 Å². The lowest BCUT2D eigenvalue weighted by Gasteiger charge is -2.08. The van der Waals surface area contributed by atoms with Crippen molar-refractivity contribution in [2.75, 3.05) is 7.11 Å². The summed E-state index contributed by atoms with van der Waals surface area (Å²) in [6.07, 6.45) is 1.32. The molecule has 28 heavy (non-hydrogen) atoms. The van der Waals surface area contributed by atoms with E-state index in [4.69, 9.17) is 4.74 Å². The molecule has 0 saturated heterocycles. The van der Waals surface area contributed by atoms with E-state index in [1.54, 1.807) is 24.3 Å². The minimum atomic E-state index is -0.577. The van der Waals surface area contributed by atoms with Gasteiger partial charge in [0.15, 0.2) is 11.2 Å². The molecule has 0 aliphatic carbocycles. The predicted octanol–water partition coefficient (Wildman–Crippen LogP) is -0.0363. The van der Waals surface area contributed by atoms with Crippen LogP contribution in [-0.2, 0) is 41.5 Å². The largest absolute Gasteiger partial charge is 0.465 e. The fraction of sp³-hybridized carbons (Fsp3) is 0.278. The van der Waals surface area contributed by atoms with E-state index in [2.05, 4.69) is 9.72 Å². The van der Waals surface area contributed by atoms with E-state index in [-0.39, 0.29) is 24.3 Å². The van der Waals surface area contributed by atoms with Gasteiger partial charge < -0.3 is 14.0 Å². The summed E-state index contributed by atoms with van der Waals surface area (Å²) < 4.78 is 13.4. The molecule has 0 aliphatic rings. The van der Waals surface area contributed by atoms with Gasteiger partial charge in [-0.25, -0.2) is 14.6 Å². The Bertz CT molecular complexity index is 1170. The first-order valence-corrected chi connectivity index (χ1v) is 8.27. The monoisotopic (exact) mass is 386 g/mol. The Hall–Kier alpha value is -3.69. The Morgan fingerprint density at radius 2 is 1.75 bits per heavy atom. The molecule has 3 rings (SSSR count). The van der Waals surface area contributed by atoms with Crippen molar-refractivity contribution < 1.29 is 19.1 Å². The van der Waals surface area contributed by atoms with Crippen molar-refractivity contribution in [3.63, 3.8) is 0 Å². The standard InChI is InChI=1S/C18H18N4O6/c1-20-15-14(16(24)21(2)18(20)26)22(10-19-15)8-13(23)28-9-11-4-6-12(7-5-11)17(25)27-3/h4-7,10H,8-9H2,1-3H3. The Kier molecular flexibility index (Phi) is 5.12. The average molecular weight is 386 g/mol. The maximum Gasteiger partial charge on any atom is 0.337 e. The van der Waals surface area contributed by atoms with Gasteiger partial charge in [0, 0.05) is 14.1 Å². The number of aryl methyl sites for hydroxylation is 1. The van der Waals surface area contributed by atoms with E-state index in [1.165, 1.54) is 36.7 Å². The summed E-state index contributed by atoms with van der Waals surface area (Å²) in [6, 6.07) is 6.44. The number of aromatic nitrogens is 4. The third kappa shape index (κ3) is 3.43. The zero-order valence-electron chi connectivity index (χ0n) is 15.5. The normalized spacial score (nSPS) is 10.8. The second-order valence-electron chi connectivity index (χ2n) is 6.10. The van der Waals surface area contributed by atoms with E-state index < -0.39 is 23.2 Å². The number of ether oxygens (including phenoxy) is 2. The minimum Gasteiger partial charge on any atom is -0.465 e. The van der Waals surface area contributed by atoms with Crippen molar-refractivity contribution in [2.24, 2.45) is 14.1 Å². The van der Waals surface area contributed by atoms with Crippen LogP contribution in [-0.4, -0.2) is 37.7 Å². The van der Waals surface area contributed by atoms with Crippen LogP contribution in [0.2, 0.25) is 0 Å². The molecule has 2 aromatic heterocycles. The van der Waals surface area contributed by atoms with Crippen LogP contribution in [0.1, 0.15) is 15.9 Å². The number of hydrogen-bond donors (Lipinski definition) is 0. The fourth-order valence-corrected chi connectivity index (χ4v) is 2.72. The Morgan fingerprint density at radius 3 is 2.39 bits per heavy atom.